The summed E-state index contributed by atoms with van der Waals surface area (Å²) < 4.78 is 11.7. The number of nitrogens with one attached hydrogen (secondary N) is 1. The number of benzene rings is 2. The highest BCUT2D eigenvalue weighted by Gasteiger charge is 2.18. The molecule has 2 aromatic carbocycles. The van der Waals surface area contributed by atoms with Crippen molar-refractivity contribution in [2.45, 2.75) is 0 Å². The minimum atomic E-state index is -0.384. The van der Waals surface area contributed by atoms with E-state index in [0.29, 0.717) is 28.7 Å². The third kappa shape index (κ3) is 4.64. The summed E-state index contributed by atoms with van der Waals surface area (Å²) in [6.45, 7) is 0. The van der Waals surface area contributed by atoms with Crippen LogP contribution in [0.5, 0.6) is 23.1 Å². The first-order chi connectivity index (χ1) is 13.7. The van der Waals surface area contributed by atoms with Gasteiger partial charge in [0.15, 0.2) is 5.71 Å². The second-order valence-corrected chi connectivity index (χ2v) is 5.54. The number of amides is 1. The molecule has 3 aromatic rings. The molecule has 28 heavy (non-hydrogen) atoms. The smallest absolute Gasteiger partial charge is 0.273 e. The van der Waals surface area contributed by atoms with Gasteiger partial charge < -0.3 is 19.6 Å². The molecule has 0 saturated heterocycles. The molecule has 1 N–H and O–H groups in total. The fraction of sp³-hybridized carbons (Fsp3) is 0.0952. The van der Waals surface area contributed by atoms with E-state index in [4.69, 9.17) is 14.3 Å². The summed E-state index contributed by atoms with van der Waals surface area (Å²) in [4.78, 5) is 21.1. The topological polar surface area (TPSA) is 82.0 Å². The van der Waals surface area contributed by atoms with Crippen LogP contribution in [0.1, 0.15) is 5.56 Å². The molecule has 0 bridgehead atoms. The molecule has 0 aliphatic carbocycles. The number of hydrogen-bond donors (Lipinski definition) is 1. The zero-order chi connectivity index (χ0) is 19.8. The molecule has 0 fully saturated rings. The predicted octanol–water partition coefficient (Wildman–Crippen LogP) is 3.76. The van der Waals surface area contributed by atoms with Gasteiger partial charge in [-0.3, -0.25) is 4.79 Å². The molecule has 1 amide bonds. The summed E-state index contributed by atoms with van der Waals surface area (Å²) in [6, 6.07) is 19.6. The van der Waals surface area contributed by atoms with Gasteiger partial charge in [-0.1, -0.05) is 29.4 Å². The number of aromatic nitrogens is 1. The minimum absolute atomic E-state index is 0.112. The Morgan fingerprint density at radius 2 is 1.71 bits per heavy atom. The molecule has 1 heterocycles. The Morgan fingerprint density at radius 1 is 0.964 bits per heavy atom. The number of ether oxygens (including phenoxy) is 2. The lowest BCUT2D eigenvalue weighted by molar-refractivity contribution is -0.114. The van der Waals surface area contributed by atoms with Crippen LogP contribution in [-0.2, 0) is 9.63 Å². The highest BCUT2D eigenvalue weighted by Crippen LogP contribution is 2.30. The number of rotatable bonds is 7. The van der Waals surface area contributed by atoms with Crippen molar-refractivity contribution in [3.63, 3.8) is 0 Å². The maximum absolute atomic E-state index is 12.2. The largest absolute Gasteiger partial charge is 0.457 e. The summed E-state index contributed by atoms with van der Waals surface area (Å²) in [7, 11) is 2.90. The maximum atomic E-state index is 12.2. The van der Waals surface area contributed by atoms with Crippen LogP contribution in [0.15, 0.2) is 78.1 Å². The van der Waals surface area contributed by atoms with Gasteiger partial charge >= 0.3 is 0 Å². The Hall–Kier alpha value is -3.87. The summed E-state index contributed by atoms with van der Waals surface area (Å²) in [5.74, 6) is 1.66. The lowest BCUT2D eigenvalue weighted by atomic mass is 10.1. The van der Waals surface area contributed by atoms with Gasteiger partial charge in [-0.25, -0.2) is 4.98 Å². The van der Waals surface area contributed by atoms with Crippen molar-refractivity contribution in [1.82, 2.24) is 10.3 Å². The number of oxime groups is 1. The number of carbonyl (C=O) groups is 1. The predicted molar refractivity (Wildman–Crippen MR) is 105 cm³/mol. The van der Waals surface area contributed by atoms with E-state index in [2.05, 4.69) is 15.5 Å². The molecule has 0 aliphatic rings. The van der Waals surface area contributed by atoms with Crippen molar-refractivity contribution in [2.24, 2.45) is 5.16 Å². The zero-order valence-corrected chi connectivity index (χ0v) is 15.5. The van der Waals surface area contributed by atoms with Crippen LogP contribution < -0.4 is 14.8 Å². The van der Waals surface area contributed by atoms with Gasteiger partial charge in [0, 0.05) is 25.4 Å². The molecule has 0 radical (unpaired) electrons. The molecule has 0 atom stereocenters. The number of pyridine rings is 1. The minimum Gasteiger partial charge on any atom is -0.457 e. The van der Waals surface area contributed by atoms with Gasteiger partial charge in [0.05, 0.1) is 5.56 Å². The number of para-hydroxylation sites is 1. The van der Waals surface area contributed by atoms with E-state index in [-0.39, 0.29) is 11.6 Å². The van der Waals surface area contributed by atoms with Crippen LogP contribution in [0.3, 0.4) is 0 Å². The lowest BCUT2D eigenvalue weighted by Gasteiger charge is -2.13. The first-order valence-electron chi connectivity index (χ1n) is 8.50. The molecule has 0 saturated carbocycles. The van der Waals surface area contributed by atoms with Gasteiger partial charge in [-0.05, 0) is 30.3 Å². The molecule has 0 aliphatic heterocycles. The van der Waals surface area contributed by atoms with E-state index in [1.165, 1.54) is 14.2 Å². The van der Waals surface area contributed by atoms with Crippen molar-refractivity contribution in [3.8, 4) is 23.1 Å². The molecule has 3 rings (SSSR count). The third-order valence-corrected chi connectivity index (χ3v) is 3.66. The molecular weight excluding hydrogens is 358 g/mol. The molecule has 0 unspecified atom stereocenters. The van der Waals surface area contributed by atoms with E-state index in [9.17, 15) is 4.79 Å². The number of likely N-dealkylation sites (N-methyl/N-ethyl adjacent to an activating group) is 1. The fourth-order valence-corrected chi connectivity index (χ4v) is 2.43. The average Bonchev–Trinajstić information content (AvgIpc) is 2.73. The highest BCUT2D eigenvalue weighted by molar-refractivity contribution is 6.45. The van der Waals surface area contributed by atoms with E-state index >= 15 is 0 Å². The van der Waals surface area contributed by atoms with Gasteiger partial charge in [-0.2, -0.15) is 0 Å². The monoisotopic (exact) mass is 377 g/mol. The second kappa shape index (κ2) is 9.18. The van der Waals surface area contributed by atoms with Crippen LogP contribution >= 0.6 is 0 Å². The van der Waals surface area contributed by atoms with Crippen LogP contribution in [-0.4, -0.2) is 30.8 Å². The van der Waals surface area contributed by atoms with E-state index in [0.717, 1.165) is 0 Å². The van der Waals surface area contributed by atoms with E-state index < -0.39 is 0 Å². The average molecular weight is 377 g/mol. The Labute approximate surface area is 162 Å². The Bertz CT molecular complexity index is 974. The van der Waals surface area contributed by atoms with E-state index in [1.54, 1.807) is 60.8 Å². The molecule has 0 spiro atoms. The molecule has 7 heteroatoms. The Morgan fingerprint density at radius 3 is 2.43 bits per heavy atom. The summed E-state index contributed by atoms with van der Waals surface area (Å²) in [6.07, 6.45) is 1.65. The normalized spacial score (nSPS) is 10.9. The number of nitrogens with zero attached hydrogens (tertiary/aromatic N) is 2. The number of carbonyl (C=O) groups excluding carboxylic acids is 1. The van der Waals surface area contributed by atoms with Gasteiger partial charge in [0.2, 0.25) is 5.88 Å². The highest BCUT2D eigenvalue weighted by atomic mass is 16.6. The van der Waals surface area contributed by atoms with Crippen LogP contribution in [0.25, 0.3) is 0 Å². The third-order valence-electron chi connectivity index (χ3n) is 3.66. The first kappa shape index (κ1) is 18.9. The molecule has 7 nitrogen and oxygen atoms in total. The van der Waals surface area contributed by atoms with Gasteiger partial charge in [0.1, 0.15) is 24.4 Å². The van der Waals surface area contributed by atoms with Crippen molar-refractivity contribution in [2.75, 3.05) is 14.2 Å². The molecule has 1 aromatic heterocycles. The van der Waals surface area contributed by atoms with Crippen molar-refractivity contribution < 1.29 is 19.1 Å². The van der Waals surface area contributed by atoms with E-state index in [1.807, 2.05) is 12.1 Å². The molecular formula is C21H19N3O4. The number of hydrogen-bond acceptors (Lipinski definition) is 6. The Balaban J connectivity index is 1.87. The Kier molecular flexibility index (Phi) is 6.20. The van der Waals surface area contributed by atoms with Crippen LogP contribution in [0, 0.1) is 0 Å². The van der Waals surface area contributed by atoms with Crippen LogP contribution in [0.4, 0.5) is 0 Å². The van der Waals surface area contributed by atoms with Crippen molar-refractivity contribution >= 4 is 11.6 Å². The van der Waals surface area contributed by atoms with Crippen molar-refractivity contribution in [1.29, 1.82) is 0 Å². The van der Waals surface area contributed by atoms with Crippen LogP contribution in [0.2, 0.25) is 0 Å². The zero-order valence-electron chi connectivity index (χ0n) is 15.5. The van der Waals surface area contributed by atoms with Gasteiger partial charge in [0.25, 0.3) is 5.91 Å². The quantitative estimate of drug-likeness (QED) is 0.501. The van der Waals surface area contributed by atoms with Crippen molar-refractivity contribution in [3.05, 3.63) is 78.5 Å². The lowest BCUT2D eigenvalue weighted by Crippen LogP contribution is -2.28. The first-order valence-corrected chi connectivity index (χ1v) is 8.50. The van der Waals surface area contributed by atoms with Gasteiger partial charge in [-0.15, -0.1) is 0 Å². The summed E-state index contributed by atoms with van der Waals surface area (Å²) >= 11 is 0. The second-order valence-electron chi connectivity index (χ2n) is 5.54. The SMILES string of the molecule is CNC(=O)/C(=N/OC)c1ccccc1Oc1cccc(Oc2ccccn2)c1. The fourth-order valence-electron chi connectivity index (χ4n) is 2.43. The summed E-state index contributed by atoms with van der Waals surface area (Å²) in [5, 5.41) is 6.38. The summed E-state index contributed by atoms with van der Waals surface area (Å²) in [5.41, 5.74) is 0.612. The maximum Gasteiger partial charge on any atom is 0.273 e. The standard InChI is InChI=1S/C21H19N3O4/c1-22-21(25)20(24-26-2)17-10-3-4-11-18(17)27-15-8-7-9-16(14-15)28-19-12-5-6-13-23-19/h3-14H,1-2H3,(H,22,25)/b24-20+. The molecule has 142 valence electrons.